The Morgan fingerprint density at radius 3 is 2.50 bits per heavy atom. The van der Waals surface area contributed by atoms with E-state index in [-0.39, 0.29) is 0 Å². The molecule has 0 amide bonds. The van der Waals surface area contributed by atoms with Gasteiger partial charge < -0.3 is 5.32 Å². The zero-order chi connectivity index (χ0) is 10.4. The van der Waals surface area contributed by atoms with Gasteiger partial charge >= 0.3 is 0 Å². The topological polar surface area (TPSA) is 15.3 Å². The lowest BCUT2D eigenvalue weighted by Crippen LogP contribution is -2.36. The van der Waals surface area contributed by atoms with Crippen molar-refractivity contribution in [2.24, 2.45) is 5.92 Å². The third kappa shape index (κ3) is 4.25. The smallest absolute Gasteiger partial charge is 0.0165 e. The van der Waals surface area contributed by atoms with E-state index in [1.165, 1.54) is 38.0 Å². The summed E-state index contributed by atoms with van der Waals surface area (Å²) in [5, 5.41) is 3.27. The first-order chi connectivity index (χ1) is 6.72. The van der Waals surface area contributed by atoms with Crippen LogP contribution in [0.4, 0.5) is 0 Å². The van der Waals surface area contributed by atoms with Gasteiger partial charge in [0.2, 0.25) is 0 Å². The molecule has 1 N–H and O–H groups in total. The maximum Gasteiger partial charge on any atom is 0.0165 e. The predicted octanol–water partition coefficient (Wildman–Crippen LogP) is 1.88. The van der Waals surface area contributed by atoms with Crippen LogP contribution in [0, 0.1) is 5.92 Å². The Balaban J connectivity index is 2.19. The maximum absolute atomic E-state index is 3.27. The van der Waals surface area contributed by atoms with E-state index in [9.17, 15) is 0 Å². The van der Waals surface area contributed by atoms with Crippen LogP contribution < -0.4 is 5.32 Å². The first-order valence-electron chi connectivity index (χ1n) is 5.72. The monoisotopic (exact) mass is 196 g/mol. The van der Waals surface area contributed by atoms with Gasteiger partial charge in [-0.25, -0.2) is 0 Å². The average molecular weight is 196 g/mol. The molecule has 1 rings (SSSR count). The van der Waals surface area contributed by atoms with Crippen molar-refractivity contribution >= 4 is 0 Å². The number of nitrogens with one attached hydrogen (secondary N) is 1. The first-order valence-corrected chi connectivity index (χ1v) is 5.72. The van der Waals surface area contributed by atoms with Crippen LogP contribution >= 0.6 is 0 Å². The lowest BCUT2D eigenvalue weighted by atomic mass is 9.97. The largest absolute Gasteiger partial charge is 0.319 e. The van der Waals surface area contributed by atoms with Crippen molar-refractivity contribution in [3.8, 4) is 0 Å². The van der Waals surface area contributed by atoms with Crippen LogP contribution in [0.5, 0.6) is 0 Å². The normalized spacial score (nSPS) is 19.6. The second-order valence-corrected chi connectivity index (χ2v) is 4.58. The van der Waals surface area contributed by atoms with Crippen LogP contribution in [0.3, 0.4) is 0 Å². The molecule has 0 spiro atoms. The minimum absolute atomic E-state index is 0.906. The van der Waals surface area contributed by atoms with E-state index in [0.717, 1.165) is 12.5 Å². The fourth-order valence-corrected chi connectivity index (χ4v) is 1.97. The fourth-order valence-electron chi connectivity index (χ4n) is 1.97. The lowest BCUT2D eigenvalue weighted by molar-refractivity contribution is 0.199. The highest BCUT2D eigenvalue weighted by atomic mass is 15.1. The summed E-state index contributed by atoms with van der Waals surface area (Å²) in [5.74, 6) is 0.906. The number of nitrogens with zero attached hydrogens (tertiary/aromatic N) is 1. The van der Waals surface area contributed by atoms with Gasteiger partial charge in [-0.3, -0.25) is 4.90 Å². The molecule has 0 aromatic rings. The second-order valence-electron chi connectivity index (χ2n) is 4.58. The Morgan fingerprint density at radius 2 is 2.00 bits per heavy atom. The van der Waals surface area contributed by atoms with Crippen molar-refractivity contribution in [3.63, 3.8) is 0 Å². The summed E-state index contributed by atoms with van der Waals surface area (Å²) in [6, 6.07) is 0. The van der Waals surface area contributed by atoms with Gasteiger partial charge in [0.15, 0.2) is 0 Å². The molecule has 1 saturated heterocycles. The van der Waals surface area contributed by atoms with Gasteiger partial charge in [0, 0.05) is 6.54 Å². The number of likely N-dealkylation sites (tertiary alicyclic amines) is 1. The molecular formula is C12H24N2. The second kappa shape index (κ2) is 6.20. The summed E-state index contributed by atoms with van der Waals surface area (Å²) in [5.41, 5.74) is 1.43. The van der Waals surface area contributed by atoms with Gasteiger partial charge in [-0.1, -0.05) is 11.6 Å². The van der Waals surface area contributed by atoms with Gasteiger partial charge in [0.1, 0.15) is 0 Å². The molecule has 0 aromatic carbocycles. The van der Waals surface area contributed by atoms with E-state index >= 15 is 0 Å². The molecule has 0 radical (unpaired) electrons. The zero-order valence-electron chi connectivity index (χ0n) is 9.84. The minimum atomic E-state index is 0.906. The molecule has 14 heavy (non-hydrogen) atoms. The standard InChI is InChI=1S/C12H24N2/c1-11(2)4-7-14-8-5-12(6-9-14)10-13-3/h4,12-13H,5-10H2,1-3H3. The first kappa shape index (κ1) is 11.7. The molecule has 0 atom stereocenters. The van der Waals surface area contributed by atoms with Gasteiger partial charge in [-0.2, -0.15) is 0 Å². The van der Waals surface area contributed by atoms with Crippen molar-refractivity contribution in [1.82, 2.24) is 10.2 Å². The average Bonchev–Trinajstić information content (AvgIpc) is 2.17. The molecule has 82 valence electrons. The van der Waals surface area contributed by atoms with E-state index in [0.29, 0.717) is 0 Å². The lowest BCUT2D eigenvalue weighted by Gasteiger charge is -2.31. The van der Waals surface area contributed by atoms with Gasteiger partial charge in [-0.05, 0) is 59.3 Å². The summed E-state index contributed by atoms with van der Waals surface area (Å²) in [6.45, 7) is 9.23. The van der Waals surface area contributed by atoms with E-state index in [2.05, 4.69) is 37.2 Å². The van der Waals surface area contributed by atoms with Crippen molar-refractivity contribution < 1.29 is 0 Å². The van der Waals surface area contributed by atoms with Crippen molar-refractivity contribution in [3.05, 3.63) is 11.6 Å². The summed E-state index contributed by atoms with van der Waals surface area (Å²) in [7, 11) is 2.05. The van der Waals surface area contributed by atoms with Crippen molar-refractivity contribution in [2.45, 2.75) is 26.7 Å². The van der Waals surface area contributed by atoms with E-state index in [1.54, 1.807) is 0 Å². The highest BCUT2D eigenvalue weighted by Gasteiger charge is 2.17. The van der Waals surface area contributed by atoms with Crippen LogP contribution in [-0.4, -0.2) is 38.1 Å². The Morgan fingerprint density at radius 1 is 1.36 bits per heavy atom. The minimum Gasteiger partial charge on any atom is -0.319 e. The van der Waals surface area contributed by atoms with Crippen molar-refractivity contribution in [2.75, 3.05) is 33.2 Å². The van der Waals surface area contributed by atoms with Crippen LogP contribution in [-0.2, 0) is 0 Å². The molecule has 1 aliphatic heterocycles. The molecule has 0 saturated carbocycles. The molecule has 2 heteroatoms. The molecule has 0 aliphatic carbocycles. The van der Waals surface area contributed by atoms with Gasteiger partial charge in [-0.15, -0.1) is 0 Å². The highest BCUT2D eigenvalue weighted by molar-refractivity contribution is 4.95. The third-order valence-corrected chi connectivity index (χ3v) is 2.96. The summed E-state index contributed by atoms with van der Waals surface area (Å²) >= 11 is 0. The summed E-state index contributed by atoms with van der Waals surface area (Å²) in [4.78, 5) is 2.55. The molecule has 0 unspecified atom stereocenters. The van der Waals surface area contributed by atoms with Crippen molar-refractivity contribution in [1.29, 1.82) is 0 Å². The summed E-state index contributed by atoms with van der Waals surface area (Å²) in [6.07, 6.45) is 5.05. The molecule has 1 aliphatic rings. The molecular weight excluding hydrogens is 172 g/mol. The SMILES string of the molecule is CNCC1CCN(CC=C(C)C)CC1. The van der Waals surface area contributed by atoms with Crippen LogP contribution in [0.15, 0.2) is 11.6 Å². The Bertz CT molecular complexity index is 175. The van der Waals surface area contributed by atoms with Crippen LogP contribution in [0.1, 0.15) is 26.7 Å². The quantitative estimate of drug-likeness (QED) is 0.691. The summed E-state index contributed by atoms with van der Waals surface area (Å²) < 4.78 is 0. The molecule has 0 bridgehead atoms. The fraction of sp³-hybridized carbons (Fsp3) is 0.833. The Labute approximate surface area is 88.4 Å². The Kier molecular flexibility index (Phi) is 5.20. The molecule has 1 fully saturated rings. The van der Waals surface area contributed by atoms with E-state index in [1.807, 2.05) is 0 Å². The number of rotatable bonds is 4. The molecule has 1 heterocycles. The third-order valence-electron chi connectivity index (χ3n) is 2.96. The van der Waals surface area contributed by atoms with Gasteiger partial charge in [0.05, 0.1) is 0 Å². The Hall–Kier alpha value is -0.340. The predicted molar refractivity (Wildman–Crippen MR) is 62.5 cm³/mol. The zero-order valence-corrected chi connectivity index (χ0v) is 9.84. The number of hydrogen-bond acceptors (Lipinski definition) is 2. The molecule has 2 nitrogen and oxygen atoms in total. The number of hydrogen-bond donors (Lipinski definition) is 1. The number of piperidine rings is 1. The maximum atomic E-state index is 3.27. The van der Waals surface area contributed by atoms with Gasteiger partial charge in [0.25, 0.3) is 0 Å². The number of allylic oxidation sites excluding steroid dienone is 1. The molecule has 0 aromatic heterocycles. The van der Waals surface area contributed by atoms with E-state index in [4.69, 9.17) is 0 Å². The highest BCUT2D eigenvalue weighted by Crippen LogP contribution is 2.15. The van der Waals surface area contributed by atoms with Crippen LogP contribution in [0.2, 0.25) is 0 Å². The van der Waals surface area contributed by atoms with E-state index < -0.39 is 0 Å². The van der Waals surface area contributed by atoms with Crippen LogP contribution in [0.25, 0.3) is 0 Å².